The Morgan fingerprint density at radius 3 is 2.36 bits per heavy atom. The molecule has 0 spiro atoms. The fourth-order valence-corrected chi connectivity index (χ4v) is 4.00. The molecule has 3 heterocycles. The van der Waals surface area contributed by atoms with E-state index in [1.54, 1.807) is 24.3 Å². The van der Waals surface area contributed by atoms with E-state index in [1.807, 2.05) is 43.4 Å². The van der Waals surface area contributed by atoms with Crippen LogP contribution in [0.3, 0.4) is 0 Å². The molecule has 0 unspecified atom stereocenters. The second-order valence-corrected chi connectivity index (χ2v) is 8.49. The summed E-state index contributed by atoms with van der Waals surface area (Å²) in [6, 6.07) is 22.8. The molecular weight excluding hydrogens is 469 g/mol. The van der Waals surface area contributed by atoms with Gasteiger partial charge in [0.15, 0.2) is 5.65 Å². The monoisotopic (exact) mass is 492 g/mol. The number of fused-ring (bicyclic) bond motifs is 3. The van der Waals surface area contributed by atoms with Crippen LogP contribution in [0.15, 0.2) is 72.8 Å². The minimum absolute atomic E-state index is 0.0175. The summed E-state index contributed by atoms with van der Waals surface area (Å²) in [4.78, 5) is 6.85. The zero-order valence-electron chi connectivity index (χ0n) is 19.5. The summed E-state index contributed by atoms with van der Waals surface area (Å²) in [5.41, 5.74) is 2.81. The van der Waals surface area contributed by atoms with Gasteiger partial charge in [-0.1, -0.05) is 54.6 Å². The van der Waals surface area contributed by atoms with Crippen LogP contribution in [0.2, 0.25) is 0 Å². The summed E-state index contributed by atoms with van der Waals surface area (Å²) in [5, 5.41) is 12.1. The highest BCUT2D eigenvalue weighted by Crippen LogP contribution is 2.32. The second-order valence-electron chi connectivity index (χ2n) is 8.49. The fraction of sp³-hybridized carbons (Fsp3) is 0.231. The summed E-state index contributed by atoms with van der Waals surface area (Å²) in [5.74, 6) is -1.15. The lowest BCUT2D eigenvalue weighted by Gasteiger charge is -2.16. The van der Waals surface area contributed by atoms with Gasteiger partial charge in [-0.3, -0.25) is 4.98 Å². The first-order chi connectivity index (χ1) is 17.4. The molecule has 0 radical (unpaired) electrons. The topological polar surface area (TPSA) is 68.4 Å². The number of hydrogen-bond donors (Lipinski definition) is 0. The van der Waals surface area contributed by atoms with Crippen LogP contribution >= 0.6 is 0 Å². The number of likely N-dealkylation sites (N-methyl/N-ethyl adjacent to an activating group) is 1. The third-order valence-electron chi connectivity index (χ3n) is 5.76. The summed E-state index contributed by atoms with van der Waals surface area (Å²) >= 11 is 0. The number of pyridine rings is 1. The molecule has 2 aromatic carbocycles. The molecule has 0 aliphatic heterocycles. The van der Waals surface area contributed by atoms with Gasteiger partial charge in [0.2, 0.25) is 5.88 Å². The number of rotatable bonds is 8. The van der Waals surface area contributed by atoms with E-state index in [9.17, 15) is 13.2 Å². The van der Waals surface area contributed by atoms with Crippen molar-refractivity contribution in [2.75, 3.05) is 13.6 Å². The molecule has 184 valence electrons. The number of halogens is 3. The van der Waals surface area contributed by atoms with E-state index in [4.69, 9.17) is 4.74 Å². The first-order valence-electron chi connectivity index (χ1n) is 11.4. The fourth-order valence-electron chi connectivity index (χ4n) is 4.00. The molecule has 0 aliphatic rings. The quantitative estimate of drug-likeness (QED) is 0.306. The normalized spacial score (nSPS) is 12.0. The largest absolute Gasteiger partial charge is 0.470 e. The van der Waals surface area contributed by atoms with Crippen molar-refractivity contribution < 1.29 is 17.9 Å². The van der Waals surface area contributed by atoms with Crippen molar-refractivity contribution in [1.29, 1.82) is 0 Å². The molecule has 3 aromatic heterocycles. The minimum Gasteiger partial charge on any atom is -0.470 e. The molecule has 0 saturated heterocycles. The lowest BCUT2D eigenvalue weighted by atomic mass is 10.1. The molecule has 0 fully saturated rings. The van der Waals surface area contributed by atoms with E-state index in [2.05, 4.69) is 37.3 Å². The zero-order valence-corrected chi connectivity index (χ0v) is 19.5. The molecule has 36 heavy (non-hydrogen) atoms. The van der Waals surface area contributed by atoms with Crippen molar-refractivity contribution in [2.24, 2.45) is 0 Å². The Kier molecular flexibility index (Phi) is 6.51. The molecule has 0 bridgehead atoms. The predicted octanol–water partition coefficient (Wildman–Crippen LogP) is 4.94. The average Bonchev–Trinajstić information content (AvgIpc) is 3.32. The lowest BCUT2D eigenvalue weighted by molar-refractivity contribution is -0.146. The molecule has 0 amide bonds. The minimum atomic E-state index is -4.70. The van der Waals surface area contributed by atoms with Gasteiger partial charge in [0.05, 0.1) is 11.4 Å². The van der Waals surface area contributed by atoms with Crippen LogP contribution in [-0.2, 0) is 25.7 Å². The van der Waals surface area contributed by atoms with Crippen LogP contribution in [0.1, 0.15) is 22.8 Å². The van der Waals surface area contributed by atoms with Crippen LogP contribution < -0.4 is 4.74 Å². The van der Waals surface area contributed by atoms with Crippen molar-refractivity contribution in [1.82, 2.24) is 29.7 Å². The maximum atomic E-state index is 13.4. The van der Waals surface area contributed by atoms with E-state index < -0.39 is 12.0 Å². The third kappa shape index (κ3) is 5.13. The van der Waals surface area contributed by atoms with Gasteiger partial charge in [0.1, 0.15) is 6.61 Å². The summed E-state index contributed by atoms with van der Waals surface area (Å²) < 4.78 is 46.8. The van der Waals surface area contributed by atoms with Crippen LogP contribution in [-0.4, -0.2) is 43.3 Å². The summed E-state index contributed by atoms with van der Waals surface area (Å²) in [6.45, 7) is 1.58. The Hall–Kier alpha value is -4.05. The molecule has 5 aromatic rings. The SMILES string of the molecule is CN(CCc1ccccc1)Cc1cccc(COc2nn3c(C(F)(F)F)nnc3c3ccccc23)n1. The Morgan fingerprint density at radius 1 is 0.861 bits per heavy atom. The number of aromatic nitrogens is 5. The smallest absolute Gasteiger partial charge is 0.453 e. The Bertz CT molecular complexity index is 1490. The van der Waals surface area contributed by atoms with E-state index in [1.165, 1.54) is 5.56 Å². The number of ether oxygens (including phenoxy) is 1. The van der Waals surface area contributed by atoms with Crippen molar-refractivity contribution in [3.05, 3.63) is 95.6 Å². The highest BCUT2D eigenvalue weighted by atomic mass is 19.4. The molecular formula is C26H23F3N6O. The van der Waals surface area contributed by atoms with Crippen molar-refractivity contribution in [2.45, 2.75) is 25.7 Å². The lowest BCUT2D eigenvalue weighted by Crippen LogP contribution is -2.21. The first kappa shape index (κ1) is 23.7. The molecule has 0 N–H and O–H groups in total. The van der Waals surface area contributed by atoms with Gasteiger partial charge in [0, 0.05) is 23.9 Å². The Labute approximate surface area is 205 Å². The van der Waals surface area contributed by atoms with Crippen molar-refractivity contribution in [3.63, 3.8) is 0 Å². The third-order valence-corrected chi connectivity index (χ3v) is 5.76. The van der Waals surface area contributed by atoms with Crippen LogP contribution in [0, 0.1) is 0 Å². The van der Waals surface area contributed by atoms with Gasteiger partial charge in [0.25, 0.3) is 5.82 Å². The molecule has 10 heteroatoms. The van der Waals surface area contributed by atoms with E-state index in [0.717, 1.165) is 18.7 Å². The Morgan fingerprint density at radius 2 is 1.58 bits per heavy atom. The van der Waals surface area contributed by atoms with E-state index in [0.29, 0.717) is 27.5 Å². The van der Waals surface area contributed by atoms with Gasteiger partial charge >= 0.3 is 6.18 Å². The van der Waals surface area contributed by atoms with E-state index in [-0.39, 0.29) is 18.1 Å². The summed E-state index contributed by atoms with van der Waals surface area (Å²) in [7, 11) is 2.04. The van der Waals surface area contributed by atoms with Crippen LogP contribution in [0.5, 0.6) is 5.88 Å². The van der Waals surface area contributed by atoms with E-state index >= 15 is 0 Å². The van der Waals surface area contributed by atoms with Gasteiger partial charge in [-0.2, -0.15) is 17.7 Å². The molecule has 0 aliphatic carbocycles. The predicted molar refractivity (Wildman–Crippen MR) is 128 cm³/mol. The van der Waals surface area contributed by atoms with Gasteiger partial charge in [-0.15, -0.1) is 15.3 Å². The second kappa shape index (κ2) is 9.90. The number of nitrogens with zero attached hydrogens (tertiary/aromatic N) is 6. The standard InChI is InChI=1S/C26H23F3N6O/c1-34(15-14-18-8-3-2-4-9-18)16-19-10-7-11-20(30-19)17-36-24-22-13-6-5-12-21(22)23-31-32-25(26(27,28)29)35(23)33-24/h2-13H,14-17H2,1H3. The van der Waals surface area contributed by atoms with Gasteiger partial charge in [-0.25, -0.2) is 0 Å². The van der Waals surface area contributed by atoms with Gasteiger partial charge < -0.3 is 9.64 Å². The zero-order chi connectivity index (χ0) is 25.1. The van der Waals surface area contributed by atoms with Crippen molar-refractivity contribution in [3.8, 4) is 5.88 Å². The first-order valence-corrected chi connectivity index (χ1v) is 11.4. The highest BCUT2D eigenvalue weighted by Gasteiger charge is 2.38. The van der Waals surface area contributed by atoms with Crippen LogP contribution in [0.25, 0.3) is 16.4 Å². The van der Waals surface area contributed by atoms with Gasteiger partial charge in [-0.05, 0) is 37.2 Å². The summed E-state index contributed by atoms with van der Waals surface area (Å²) in [6.07, 6.45) is -3.76. The molecule has 5 rings (SSSR count). The molecule has 7 nitrogen and oxygen atoms in total. The number of hydrogen-bond acceptors (Lipinski definition) is 6. The maximum absolute atomic E-state index is 13.4. The maximum Gasteiger partial charge on any atom is 0.453 e. The molecule has 0 saturated carbocycles. The number of benzene rings is 2. The van der Waals surface area contributed by atoms with Crippen LogP contribution in [0.4, 0.5) is 13.2 Å². The molecule has 0 atom stereocenters. The average molecular weight is 493 g/mol. The number of alkyl halides is 3. The highest BCUT2D eigenvalue weighted by molar-refractivity contribution is 5.96. The Balaban J connectivity index is 1.32. The van der Waals surface area contributed by atoms with Crippen molar-refractivity contribution >= 4 is 16.4 Å².